The van der Waals surface area contributed by atoms with E-state index in [4.69, 9.17) is 4.98 Å². The molecule has 3 N–H and O–H groups in total. The average Bonchev–Trinajstić information content (AvgIpc) is 3.42. The summed E-state index contributed by atoms with van der Waals surface area (Å²) in [5, 5.41) is 9.67. The number of thiazole rings is 2. The number of aryl methyl sites for hydroxylation is 3. The maximum atomic E-state index is 12.9. The van der Waals surface area contributed by atoms with Crippen LogP contribution in [0.15, 0.2) is 66.7 Å². The van der Waals surface area contributed by atoms with Gasteiger partial charge in [-0.2, -0.15) is 0 Å². The van der Waals surface area contributed by atoms with Crippen LogP contribution in [-0.4, -0.2) is 21.9 Å². The van der Waals surface area contributed by atoms with Crippen LogP contribution in [0.2, 0.25) is 0 Å². The first-order valence-corrected chi connectivity index (χ1v) is 12.9. The van der Waals surface area contributed by atoms with Crippen LogP contribution in [0.25, 0.3) is 20.8 Å². The summed E-state index contributed by atoms with van der Waals surface area (Å²) in [5.74, 6) is -0.277. The zero-order chi connectivity index (χ0) is 25.2. The maximum absolute atomic E-state index is 12.9. The van der Waals surface area contributed by atoms with Crippen LogP contribution in [-0.2, 0) is 0 Å². The third-order valence-corrected chi connectivity index (χ3v) is 7.57. The normalized spacial score (nSPS) is 10.9. The van der Waals surface area contributed by atoms with E-state index in [1.54, 1.807) is 18.3 Å². The molecular weight excluding hydrogens is 490 g/mol. The number of nitrogens with zero attached hydrogens (tertiary/aromatic N) is 2. The molecule has 3 aromatic carbocycles. The molecule has 0 aliphatic rings. The fourth-order valence-corrected chi connectivity index (χ4v) is 5.61. The van der Waals surface area contributed by atoms with E-state index in [0.29, 0.717) is 27.1 Å². The van der Waals surface area contributed by atoms with Crippen molar-refractivity contribution in [1.29, 1.82) is 0 Å². The van der Waals surface area contributed by atoms with Crippen LogP contribution in [0.5, 0.6) is 0 Å². The number of hydrogen-bond donors (Lipinski definition) is 3. The maximum Gasteiger partial charge on any atom is 0.325 e. The number of amides is 3. The van der Waals surface area contributed by atoms with Gasteiger partial charge in [-0.05, 0) is 80.4 Å². The zero-order valence-electron chi connectivity index (χ0n) is 19.9. The Balaban J connectivity index is 1.24. The smallest absolute Gasteiger partial charge is 0.321 e. The SMILES string of the molecule is Cc1cccc(NC(=O)Nc2nc(C)c(C(=O)Nc3ccc(-c4nc5ccc(C)cc5s4)cc3)s2)c1. The topological polar surface area (TPSA) is 96.0 Å². The molecule has 7 nitrogen and oxygen atoms in total. The molecule has 0 saturated carbocycles. The Labute approximate surface area is 216 Å². The van der Waals surface area contributed by atoms with Gasteiger partial charge < -0.3 is 10.6 Å². The van der Waals surface area contributed by atoms with Gasteiger partial charge in [0, 0.05) is 16.9 Å². The highest BCUT2D eigenvalue weighted by Gasteiger charge is 2.17. The number of carbonyl (C=O) groups is 2. The molecule has 0 aliphatic heterocycles. The van der Waals surface area contributed by atoms with Gasteiger partial charge >= 0.3 is 6.03 Å². The lowest BCUT2D eigenvalue weighted by atomic mass is 10.2. The van der Waals surface area contributed by atoms with Crippen molar-refractivity contribution in [2.24, 2.45) is 0 Å². The standard InChI is InChI=1S/C27H23N5O2S2/c1-15-5-4-6-20(13-15)30-26(34)32-27-28-17(3)23(36-27)24(33)29-19-10-8-18(9-11-19)25-31-21-12-7-16(2)14-22(21)35-25/h4-14H,1-3H3,(H,29,33)(H2,28,30,32,34). The van der Waals surface area contributed by atoms with E-state index in [1.807, 2.05) is 61.5 Å². The third-order valence-electron chi connectivity index (χ3n) is 5.43. The van der Waals surface area contributed by atoms with Gasteiger partial charge in [-0.15, -0.1) is 11.3 Å². The Morgan fingerprint density at radius 1 is 0.750 bits per heavy atom. The lowest BCUT2D eigenvalue weighted by Gasteiger charge is -2.06. The van der Waals surface area contributed by atoms with E-state index in [0.717, 1.165) is 37.7 Å². The van der Waals surface area contributed by atoms with Crippen molar-refractivity contribution in [3.63, 3.8) is 0 Å². The Bertz CT molecular complexity index is 1590. The average molecular weight is 514 g/mol. The predicted molar refractivity (Wildman–Crippen MR) is 148 cm³/mol. The van der Waals surface area contributed by atoms with E-state index < -0.39 is 6.03 Å². The van der Waals surface area contributed by atoms with Crippen molar-refractivity contribution >= 4 is 61.3 Å². The van der Waals surface area contributed by atoms with Crippen LogP contribution >= 0.6 is 22.7 Å². The van der Waals surface area contributed by atoms with Crippen LogP contribution in [0.3, 0.4) is 0 Å². The van der Waals surface area contributed by atoms with Crippen molar-refractivity contribution in [1.82, 2.24) is 9.97 Å². The van der Waals surface area contributed by atoms with Crippen LogP contribution in [0, 0.1) is 20.8 Å². The van der Waals surface area contributed by atoms with E-state index in [2.05, 4.69) is 40.0 Å². The highest BCUT2D eigenvalue weighted by molar-refractivity contribution is 7.21. The molecule has 0 radical (unpaired) electrons. The molecule has 0 unspecified atom stereocenters. The fraction of sp³-hybridized carbons (Fsp3) is 0.111. The second-order valence-electron chi connectivity index (χ2n) is 8.40. The molecule has 0 bridgehead atoms. The summed E-state index contributed by atoms with van der Waals surface area (Å²) in [4.78, 5) is 34.7. The third kappa shape index (κ3) is 5.27. The molecule has 5 aromatic rings. The summed E-state index contributed by atoms with van der Waals surface area (Å²) in [6, 6.07) is 20.9. The minimum Gasteiger partial charge on any atom is -0.321 e. The van der Waals surface area contributed by atoms with E-state index in [9.17, 15) is 9.59 Å². The van der Waals surface area contributed by atoms with E-state index in [-0.39, 0.29) is 5.91 Å². The van der Waals surface area contributed by atoms with Gasteiger partial charge in [-0.1, -0.05) is 29.5 Å². The van der Waals surface area contributed by atoms with Crippen molar-refractivity contribution in [2.75, 3.05) is 16.0 Å². The molecule has 2 heterocycles. The number of benzene rings is 3. The van der Waals surface area contributed by atoms with Gasteiger partial charge in [-0.3, -0.25) is 10.1 Å². The Hall–Kier alpha value is -4.08. The summed E-state index contributed by atoms with van der Waals surface area (Å²) < 4.78 is 1.15. The van der Waals surface area contributed by atoms with Crippen LogP contribution in [0.1, 0.15) is 26.5 Å². The summed E-state index contributed by atoms with van der Waals surface area (Å²) in [6.07, 6.45) is 0. The van der Waals surface area contributed by atoms with Gasteiger partial charge in [0.2, 0.25) is 0 Å². The summed E-state index contributed by atoms with van der Waals surface area (Å²) in [6.45, 7) is 5.76. The van der Waals surface area contributed by atoms with Crippen molar-refractivity contribution in [3.8, 4) is 10.6 Å². The largest absolute Gasteiger partial charge is 0.325 e. The Morgan fingerprint density at radius 2 is 1.53 bits per heavy atom. The monoisotopic (exact) mass is 513 g/mol. The van der Waals surface area contributed by atoms with Gasteiger partial charge in [0.1, 0.15) is 9.88 Å². The molecule has 9 heteroatoms. The van der Waals surface area contributed by atoms with E-state index >= 15 is 0 Å². The second-order valence-corrected chi connectivity index (χ2v) is 10.4. The quantitative estimate of drug-likeness (QED) is 0.231. The lowest BCUT2D eigenvalue weighted by molar-refractivity contribution is 0.103. The molecular formula is C27H23N5O2S2. The number of rotatable bonds is 5. The summed E-state index contributed by atoms with van der Waals surface area (Å²) >= 11 is 2.78. The zero-order valence-corrected chi connectivity index (χ0v) is 21.5. The number of urea groups is 1. The molecule has 5 rings (SSSR count). The molecule has 3 amide bonds. The van der Waals surface area contributed by atoms with Crippen LogP contribution < -0.4 is 16.0 Å². The predicted octanol–water partition coefficient (Wildman–Crippen LogP) is 7.24. The molecule has 36 heavy (non-hydrogen) atoms. The van der Waals surface area contributed by atoms with E-state index in [1.165, 1.54) is 5.56 Å². The van der Waals surface area contributed by atoms with Crippen molar-refractivity contribution in [3.05, 3.63) is 88.4 Å². The number of nitrogens with one attached hydrogen (secondary N) is 3. The van der Waals surface area contributed by atoms with Gasteiger partial charge in [0.05, 0.1) is 15.9 Å². The molecule has 0 aliphatic carbocycles. The lowest BCUT2D eigenvalue weighted by Crippen LogP contribution is -2.19. The first-order valence-electron chi connectivity index (χ1n) is 11.2. The first kappa shape index (κ1) is 23.7. The second kappa shape index (κ2) is 9.88. The number of carbonyl (C=O) groups excluding carboxylic acids is 2. The number of aromatic nitrogens is 2. The molecule has 0 spiro atoms. The Kier molecular flexibility index (Phi) is 6.49. The summed E-state index contributed by atoms with van der Waals surface area (Å²) in [5.41, 5.74) is 6.12. The van der Waals surface area contributed by atoms with Gasteiger partial charge in [0.15, 0.2) is 5.13 Å². The highest BCUT2D eigenvalue weighted by atomic mass is 32.1. The van der Waals surface area contributed by atoms with Crippen molar-refractivity contribution < 1.29 is 9.59 Å². The Morgan fingerprint density at radius 3 is 2.31 bits per heavy atom. The fourth-order valence-electron chi connectivity index (χ4n) is 3.68. The van der Waals surface area contributed by atoms with Gasteiger partial charge in [0.25, 0.3) is 5.91 Å². The molecule has 0 atom stereocenters. The first-order chi connectivity index (χ1) is 17.3. The van der Waals surface area contributed by atoms with Crippen LogP contribution in [0.4, 0.5) is 21.3 Å². The highest BCUT2D eigenvalue weighted by Crippen LogP contribution is 2.31. The number of hydrogen-bond acceptors (Lipinski definition) is 6. The minimum absolute atomic E-state index is 0.277. The van der Waals surface area contributed by atoms with Crippen molar-refractivity contribution in [2.45, 2.75) is 20.8 Å². The molecule has 0 fully saturated rings. The minimum atomic E-state index is -0.415. The molecule has 0 saturated heterocycles. The molecule has 180 valence electrons. The van der Waals surface area contributed by atoms with Gasteiger partial charge in [-0.25, -0.2) is 14.8 Å². The number of anilines is 3. The molecule has 2 aromatic heterocycles. The summed E-state index contributed by atoms with van der Waals surface area (Å²) in [7, 11) is 0. The number of fused-ring (bicyclic) bond motifs is 1.